The van der Waals surface area contributed by atoms with Gasteiger partial charge in [-0.15, -0.1) is 11.3 Å². The van der Waals surface area contributed by atoms with E-state index in [1.807, 2.05) is 6.07 Å². The molecule has 1 aromatic carbocycles. The molecular weight excluding hydrogens is 288 g/mol. The van der Waals surface area contributed by atoms with E-state index in [0.29, 0.717) is 11.7 Å². The quantitative estimate of drug-likeness (QED) is 0.489. The Balaban J connectivity index is 1.83. The zero-order valence-corrected chi connectivity index (χ0v) is 12.6. The number of aryl methyl sites for hydroxylation is 1. The highest BCUT2D eigenvalue weighted by Gasteiger charge is 2.06. The monoisotopic (exact) mass is 306 g/mol. The Hall–Kier alpha value is -1.89. The van der Waals surface area contributed by atoms with Crippen molar-refractivity contribution >= 4 is 17.4 Å². The van der Waals surface area contributed by atoms with E-state index in [0.717, 1.165) is 4.88 Å². The fraction of sp³-hybridized carbons (Fsp3) is 0.267. The number of urea groups is 1. The number of thiophene rings is 1. The van der Waals surface area contributed by atoms with Gasteiger partial charge in [0.05, 0.1) is 19.8 Å². The molecule has 0 saturated heterocycles. The third-order valence-corrected chi connectivity index (χ3v) is 4.05. The Morgan fingerprint density at radius 2 is 2.00 bits per heavy atom. The van der Waals surface area contributed by atoms with Crippen molar-refractivity contribution in [2.45, 2.75) is 13.5 Å². The molecule has 1 aromatic heterocycles. The number of carbonyl (C=O) groups is 1. The van der Waals surface area contributed by atoms with Crippen molar-refractivity contribution in [3.05, 3.63) is 46.8 Å². The predicted molar refractivity (Wildman–Crippen MR) is 82.2 cm³/mol. The number of rotatable bonds is 6. The number of amides is 2. The van der Waals surface area contributed by atoms with E-state index in [2.05, 4.69) is 37.3 Å². The average Bonchev–Trinajstić information content (AvgIpc) is 2.93. The lowest BCUT2D eigenvalue weighted by molar-refractivity contribution is -0.0578. The van der Waals surface area contributed by atoms with E-state index >= 15 is 0 Å². The zero-order valence-electron chi connectivity index (χ0n) is 11.8. The van der Waals surface area contributed by atoms with Gasteiger partial charge >= 0.3 is 6.03 Å². The van der Waals surface area contributed by atoms with Crippen LogP contribution in [0.1, 0.15) is 10.4 Å². The predicted octanol–water partition coefficient (Wildman–Crippen LogP) is 3.01. The lowest BCUT2D eigenvalue weighted by Gasteiger charge is -2.11. The van der Waals surface area contributed by atoms with E-state index < -0.39 is 6.03 Å². The number of hydrogen-bond donors (Lipinski definition) is 2. The Kier molecular flexibility index (Phi) is 5.32. The first-order valence-corrected chi connectivity index (χ1v) is 7.37. The van der Waals surface area contributed by atoms with Gasteiger partial charge in [0.1, 0.15) is 0 Å². The van der Waals surface area contributed by atoms with E-state index in [9.17, 15) is 4.79 Å². The van der Waals surface area contributed by atoms with E-state index in [-0.39, 0.29) is 13.2 Å². The van der Waals surface area contributed by atoms with Gasteiger partial charge in [-0.05, 0) is 24.6 Å². The lowest BCUT2D eigenvalue weighted by Crippen LogP contribution is -2.35. The molecule has 0 unspecified atom stereocenters. The minimum Gasteiger partial charge on any atom is -0.374 e. The van der Waals surface area contributed by atoms with Gasteiger partial charge in [-0.3, -0.25) is 5.21 Å². The standard InChI is InChI=1S/C15H18N2O3S/c1-11-2-4-12(5-3-11)14-7-6-13(21-14)10-20-9-8-17(19)15(16)18/h2-7,19H,8-10H2,1H3,(H2,16,18). The fourth-order valence-electron chi connectivity index (χ4n) is 1.76. The van der Waals surface area contributed by atoms with Crippen LogP contribution in [-0.4, -0.2) is 29.5 Å². The highest BCUT2D eigenvalue weighted by molar-refractivity contribution is 7.15. The summed E-state index contributed by atoms with van der Waals surface area (Å²) in [5, 5.41) is 9.52. The van der Waals surface area contributed by atoms with Crippen molar-refractivity contribution in [3.63, 3.8) is 0 Å². The summed E-state index contributed by atoms with van der Waals surface area (Å²) >= 11 is 1.66. The van der Waals surface area contributed by atoms with Crippen LogP contribution in [0.4, 0.5) is 4.79 Å². The second kappa shape index (κ2) is 7.21. The summed E-state index contributed by atoms with van der Waals surface area (Å²) in [5.41, 5.74) is 7.32. The first-order valence-electron chi connectivity index (χ1n) is 6.55. The lowest BCUT2D eigenvalue weighted by atomic mass is 10.1. The van der Waals surface area contributed by atoms with Crippen LogP contribution in [0.2, 0.25) is 0 Å². The maximum absolute atomic E-state index is 10.6. The summed E-state index contributed by atoms with van der Waals surface area (Å²) in [7, 11) is 0. The molecule has 0 aliphatic carbocycles. The Morgan fingerprint density at radius 3 is 2.67 bits per heavy atom. The molecule has 21 heavy (non-hydrogen) atoms. The molecule has 3 N–H and O–H groups in total. The summed E-state index contributed by atoms with van der Waals surface area (Å²) in [5.74, 6) is 0. The van der Waals surface area contributed by atoms with Gasteiger partial charge < -0.3 is 10.5 Å². The van der Waals surface area contributed by atoms with Gasteiger partial charge in [0.25, 0.3) is 0 Å². The number of nitrogens with zero attached hydrogens (tertiary/aromatic N) is 1. The average molecular weight is 306 g/mol. The minimum absolute atomic E-state index is 0.0610. The fourth-order valence-corrected chi connectivity index (χ4v) is 2.71. The Morgan fingerprint density at radius 1 is 1.29 bits per heavy atom. The van der Waals surface area contributed by atoms with Gasteiger partial charge in [-0.1, -0.05) is 29.8 Å². The third-order valence-electron chi connectivity index (χ3n) is 2.94. The highest BCUT2D eigenvalue weighted by Crippen LogP contribution is 2.28. The van der Waals surface area contributed by atoms with Crippen molar-refractivity contribution in [2.24, 2.45) is 5.73 Å². The van der Waals surface area contributed by atoms with Gasteiger partial charge in [0, 0.05) is 9.75 Å². The van der Waals surface area contributed by atoms with Gasteiger partial charge in [0.2, 0.25) is 0 Å². The number of carbonyl (C=O) groups excluding carboxylic acids is 1. The van der Waals surface area contributed by atoms with Gasteiger partial charge in [0.15, 0.2) is 0 Å². The van der Waals surface area contributed by atoms with Crippen LogP contribution in [0.15, 0.2) is 36.4 Å². The molecule has 2 amide bonds. The molecule has 0 fully saturated rings. The maximum atomic E-state index is 10.6. The molecule has 1 heterocycles. The highest BCUT2D eigenvalue weighted by atomic mass is 32.1. The summed E-state index contributed by atoms with van der Waals surface area (Å²) in [6.07, 6.45) is 0. The van der Waals surface area contributed by atoms with Crippen molar-refractivity contribution in [1.29, 1.82) is 0 Å². The first kappa shape index (κ1) is 15.5. The Bertz CT molecular complexity index is 595. The van der Waals surface area contributed by atoms with E-state index in [1.54, 1.807) is 11.3 Å². The van der Waals surface area contributed by atoms with Crippen molar-refractivity contribution in [3.8, 4) is 10.4 Å². The molecule has 112 valence electrons. The molecule has 0 aliphatic rings. The second-order valence-electron chi connectivity index (χ2n) is 4.65. The molecule has 2 aromatic rings. The molecule has 0 aliphatic heterocycles. The number of primary amides is 1. The molecule has 0 spiro atoms. The Labute approximate surface area is 127 Å². The van der Waals surface area contributed by atoms with Crippen molar-refractivity contribution in [2.75, 3.05) is 13.2 Å². The summed E-state index contributed by atoms with van der Waals surface area (Å²) < 4.78 is 5.41. The SMILES string of the molecule is Cc1ccc(-c2ccc(COCCN(O)C(N)=O)s2)cc1. The molecule has 5 nitrogen and oxygen atoms in total. The molecule has 2 rings (SSSR count). The normalized spacial score (nSPS) is 10.6. The molecule has 0 radical (unpaired) electrons. The van der Waals surface area contributed by atoms with Gasteiger partial charge in [-0.2, -0.15) is 0 Å². The molecule has 6 heteroatoms. The van der Waals surface area contributed by atoms with Crippen molar-refractivity contribution < 1.29 is 14.7 Å². The first-order chi connectivity index (χ1) is 10.1. The smallest absolute Gasteiger partial charge is 0.338 e. The maximum Gasteiger partial charge on any atom is 0.338 e. The number of nitrogens with two attached hydrogens (primary N) is 1. The largest absolute Gasteiger partial charge is 0.374 e. The third kappa shape index (κ3) is 4.56. The van der Waals surface area contributed by atoms with Crippen LogP contribution >= 0.6 is 11.3 Å². The number of hydrogen-bond acceptors (Lipinski definition) is 4. The van der Waals surface area contributed by atoms with E-state index in [1.165, 1.54) is 16.0 Å². The number of benzene rings is 1. The molecule has 0 saturated carbocycles. The van der Waals surface area contributed by atoms with Crippen LogP contribution < -0.4 is 5.73 Å². The van der Waals surface area contributed by atoms with Crippen LogP contribution in [0.5, 0.6) is 0 Å². The second-order valence-corrected chi connectivity index (χ2v) is 5.81. The minimum atomic E-state index is -0.878. The van der Waals surface area contributed by atoms with Crippen LogP contribution in [-0.2, 0) is 11.3 Å². The zero-order chi connectivity index (χ0) is 15.2. The number of ether oxygens (including phenoxy) is 1. The van der Waals surface area contributed by atoms with Crippen LogP contribution in [0.25, 0.3) is 10.4 Å². The molecule has 0 bridgehead atoms. The van der Waals surface area contributed by atoms with E-state index in [4.69, 9.17) is 15.7 Å². The number of hydroxylamine groups is 2. The molecule has 0 atom stereocenters. The van der Waals surface area contributed by atoms with Gasteiger partial charge in [-0.25, -0.2) is 9.86 Å². The topological polar surface area (TPSA) is 75.8 Å². The summed E-state index contributed by atoms with van der Waals surface area (Å²) in [4.78, 5) is 12.9. The summed E-state index contributed by atoms with van der Waals surface area (Å²) in [6, 6.07) is 11.6. The van der Waals surface area contributed by atoms with Crippen molar-refractivity contribution in [1.82, 2.24) is 5.06 Å². The summed E-state index contributed by atoms with van der Waals surface area (Å²) in [6.45, 7) is 2.81. The molecular formula is C15H18N2O3S. The van der Waals surface area contributed by atoms with Crippen LogP contribution in [0, 0.1) is 6.92 Å². The van der Waals surface area contributed by atoms with Crippen LogP contribution in [0.3, 0.4) is 0 Å².